The van der Waals surface area contributed by atoms with E-state index in [2.05, 4.69) is 9.97 Å². The second-order valence-electron chi connectivity index (χ2n) is 4.46. The lowest BCUT2D eigenvalue weighted by Gasteiger charge is -2.15. The van der Waals surface area contributed by atoms with Crippen LogP contribution in [-0.4, -0.2) is 32.7 Å². The minimum absolute atomic E-state index is 0.0535. The van der Waals surface area contributed by atoms with Gasteiger partial charge in [-0.25, -0.2) is 4.98 Å². The van der Waals surface area contributed by atoms with Gasteiger partial charge in [0, 0.05) is 36.6 Å². The van der Waals surface area contributed by atoms with Gasteiger partial charge in [0.1, 0.15) is 5.82 Å². The van der Waals surface area contributed by atoms with Gasteiger partial charge in [0.05, 0.1) is 11.5 Å². The zero-order valence-corrected chi connectivity index (χ0v) is 11.2. The fourth-order valence-electron chi connectivity index (χ4n) is 1.84. The molecule has 7 nitrogen and oxygen atoms in total. The predicted octanol–water partition coefficient (Wildman–Crippen LogP) is 1.90. The van der Waals surface area contributed by atoms with Gasteiger partial charge in [-0.05, 0) is 13.0 Å². The first-order valence-corrected chi connectivity index (χ1v) is 5.98. The lowest BCUT2D eigenvalue weighted by Crippen LogP contribution is -2.26. The summed E-state index contributed by atoms with van der Waals surface area (Å²) in [5, 5.41) is 10.9. The third-order valence-electron chi connectivity index (χ3n) is 2.94. The van der Waals surface area contributed by atoms with Gasteiger partial charge in [0.25, 0.3) is 11.6 Å². The highest BCUT2D eigenvalue weighted by Crippen LogP contribution is 2.20. The first kappa shape index (κ1) is 13.7. The fourth-order valence-corrected chi connectivity index (χ4v) is 1.84. The van der Waals surface area contributed by atoms with Crippen LogP contribution in [0, 0.1) is 17.0 Å². The second-order valence-corrected chi connectivity index (χ2v) is 4.46. The van der Waals surface area contributed by atoms with E-state index in [1.165, 1.54) is 11.0 Å². The van der Waals surface area contributed by atoms with E-state index in [1.807, 2.05) is 0 Å². The van der Waals surface area contributed by atoms with E-state index in [0.29, 0.717) is 17.9 Å². The quantitative estimate of drug-likeness (QED) is 0.680. The van der Waals surface area contributed by atoms with Crippen LogP contribution in [0.2, 0.25) is 0 Å². The number of aryl methyl sites for hydroxylation is 1. The Labute approximate surface area is 115 Å². The molecule has 104 valence electrons. The number of amides is 1. The highest BCUT2D eigenvalue weighted by molar-refractivity contribution is 5.94. The van der Waals surface area contributed by atoms with E-state index < -0.39 is 4.92 Å². The minimum Gasteiger partial charge on any atom is -0.347 e. The summed E-state index contributed by atoms with van der Waals surface area (Å²) in [6.07, 6.45) is 3.27. The highest BCUT2D eigenvalue weighted by atomic mass is 16.6. The molecule has 2 aromatic rings. The number of hydrogen-bond donors (Lipinski definition) is 1. The Morgan fingerprint density at radius 2 is 2.25 bits per heavy atom. The van der Waals surface area contributed by atoms with Crippen molar-refractivity contribution >= 4 is 11.6 Å². The normalized spacial score (nSPS) is 10.3. The van der Waals surface area contributed by atoms with Crippen LogP contribution in [0.5, 0.6) is 0 Å². The summed E-state index contributed by atoms with van der Waals surface area (Å²) < 4.78 is 0. The monoisotopic (exact) mass is 274 g/mol. The number of hydrogen-bond acceptors (Lipinski definition) is 4. The van der Waals surface area contributed by atoms with Crippen molar-refractivity contribution in [3.05, 3.63) is 57.7 Å². The maximum Gasteiger partial charge on any atom is 0.273 e. The molecule has 0 saturated heterocycles. The van der Waals surface area contributed by atoms with Gasteiger partial charge in [-0.3, -0.25) is 14.9 Å². The molecule has 0 saturated carbocycles. The van der Waals surface area contributed by atoms with Gasteiger partial charge < -0.3 is 9.88 Å². The molecule has 0 spiro atoms. The number of aromatic nitrogens is 2. The van der Waals surface area contributed by atoms with Crippen LogP contribution in [0.4, 0.5) is 5.69 Å². The van der Waals surface area contributed by atoms with Crippen LogP contribution in [0.3, 0.4) is 0 Å². The minimum atomic E-state index is -0.487. The lowest BCUT2D eigenvalue weighted by atomic mass is 10.1. The van der Waals surface area contributed by atoms with Gasteiger partial charge >= 0.3 is 0 Å². The Balaban J connectivity index is 2.20. The van der Waals surface area contributed by atoms with E-state index in [9.17, 15) is 14.9 Å². The van der Waals surface area contributed by atoms with Crippen molar-refractivity contribution in [2.45, 2.75) is 13.5 Å². The molecule has 2 rings (SSSR count). The number of nitrogens with zero attached hydrogens (tertiary/aromatic N) is 3. The van der Waals surface area contributed by atoms with Crippen LogP contribution in [0.15, 0.2) is 30.6 Å². The van der Waals surface area contributed by atoms with Gasteiger partial charge in [-0.2, -0.15) is 0 Å². The number of aromatic amines is 1. The van der Waals surface area contributed by atoms with Gasteiger partial charge in [-0.1, -0.05) is 6.07 Å². The van der Waals surface area contributed by atoms with Crippen LogP contribution in [0.25, 0.3) is 0 Å². The van der Waals surface area contributed by atoms with Gasteiger partial charge in [-0.15, -0.1) is 0 Å². The first-order valence-electron chi connectivity index (χ1n) is 5.98. The number of benzene rings is 1. The Morgan fingerprint density at radius 1 is 1.50 bits per heavy atom. The Bertz CT molecular complexity index is 637. The number of carbonyl (C=O) groups is 1. The maximum absolute atomic E-state index is 12.2. The van der Waals surface area contributed by atoms with Crippen molar-refractivity contribution in [3.63, 3.8) is 0 Å². The topological polar surface area (TPSA) is 92.1 Å². The molecule has 0 aliphatic rings. The molecule has 1 aromatic carbocycles. The summed E-state index contributed by atoms with van der Waals surface area (Å²) in [5.41, 5.74) is 0.763. The summed E-state index contributed by atoms with van der Waals surface area (Å²) in [5.74, 6) is 0.368. The van der Waals surface area contributed by atoms with E-state index in [-0.39, 0.29) is 17.2 Å². The van der Waals surface area contributed by atoms with Crippen molar-refractivity contribution in [2.75, 3.05) is 7.05 Å². The summed E-state index contributed by atoms with van der Waals surface area (Å²) in [7, 11) is 1.62. The maximum atomic E-state index is 12.2. The molecule has 1 N–H and O–H groups in total. The molecule has 0 aliphatic carbocycles. The Hall–Kier alpha value is -2.70. The number of nitro groups is 1. The van der Waals surface area contributed by atoms with E-state index in [0.717, 1.165) is 0 Å². The van der Waals surface area contributed by atoms with Crippen molar-refractivity contribution in [1.82, 2.24) is 14.9 Å². The lowest BCUT2D eigenvalue weighted by molar-refractivity contribution is -0.385. The van der Waals surface area contributed by atoms with Crippen LogP contribution in [0.1, 0.15) is 21.7 Å². The third kappa shape index (κ3) is 2.82. The molecular formula is C13H14N4O3. The Morgan fingerprint density at radius 3 is 2.85 bits per heavy atom. The zero-order chi connectivity index (χ0) is 14.7. The summed E-state index contributed by atoms with van der Waals surface area (Å²) in [6.45, 7) is 1.95. The SMILES string of the molecule is Cc1ccc(C(=O)N(C)Cc2ncc[nH]2)cc1[N+](=O)[O-]. The molecule has 0 atom stereocenters. The van der Waals surface area contributed by atoms with Gasteiger partial charge in [0.2, 0.25) is 0 Å². The van der Waals surface area contributed by atoms with Crippen LogP contribution in [-0.2, 0) is 6.54 Å². The first-order chi connectivity index (χ1) is 9.49. The molecule has 20 heavy (non-hydrogen) atoms. The van der Waals surface area contributed by atoms with Crippen molar-refractivity contribution < 1.29 is 9.72 Å². The summed E-state index contributed by atoms with van der Waals surface area (Å²) in [6, 6.07) is 4.46. The van der Waals surface area contributed by atoms with Crippen molar-refractivity contribution in [3.8, 4) is 0 Å². The molecule has 1 aromatic heterocycles. The predicted molar refractivity (Wildman–Crippen MR) is 72.2 cm³/mol. The number of H-pyrrole nitrogens is 1. The number of carbonyl (C=O) groups excluding carboxylic acids is 1. The molecule has 0 radical (unpaired) electrons. The number of imidazole rings is 1. The van der Waals surface area contributed by atoms with E-state index in [4.69, 9.17) is 0 Å². The fraction of sp³-hybridized carbons (Fsp3) is 0.231. The summed E-state index contributed by atoms with van der Waals surface area (Å²) >= 11 is 0. The standard InChI is InChI=1S/C13H14N4O3/c1-9-3-4-10(7-11(9)17(19)20)13(18)16(2)8-12-14-5-6-15-12/h3-7H,8H2,1-2H3,(H,14,15). The highest BCUT2D eigenvalue weighted by Gasteiger charge is 2.18. The average molecular weight is 274 g/mol. The van der Waals surface area contributed by atoms with Crippen molar-refractivity contribution in [2.24, 2.45) is 0 Å². The van der Waals surface area contributed by atoms with E-state index in [1.54, 1.807) is 38.5 Å². The molecule has 1 amide bonds. The molecule has 0 bridgehead atoms. The molecule has 1 heterocycles. The van der Waals surface area contributed by atoms with Crippen LogP contribution >= 0.6 is 0 Å². The smallest absolute Gasteiger partial charge is 0.273 e. The third-order valence-corrected chi connectivity index (χ3v) is 2.94. The number of nitro benzene ring substituents is 1. The zero-order valence-electron chi connectivity index (χ0n) is 11.2. The molecule has 0 unspecified atom stereocenters. The number of rotatable bonds is 4. The number of nitrogens with one attached hydrogen (secondary N) is 1. The van der Waals surface area contributed by atoms with Crippen molar-refractivity contribution in [1.29, 1.82) is 0 Å². The largest absolute Gasteiger partial charge is 0.347 e. The summed E-state index contributed by atoms with van der Waals surface area (Å²) in [4.78, 5) is 31.0. The molecule has 0 fully saturated rings. The average Bonchev–Trinajstić information content (AvgIpc) is 2.91. The van der Waals surface area contributed by atoms with Gasteiger partial charge in [0.15, 0.2) is 0 Å². The molecular weight excluding hydrogens is 260 g/mol. The molecule has 0 aliphatic heterocycles. The van der Waals surface area contributed by atoms with Crippen LogP contribution < -0.4 is 0 Å². The second kappa shape index (κ2) is 5.52. The Kier molecular flexibility index (Phi) is 3.79. The molecule has 7 heteroatoms. The van der Waals surface area contributed by atoms with E-state index >= 15 is 0 Å².